The molecule has 0 atom stereocenters. The Morgan fingerprint density at radius 3 is 2.53 bits per heavy atom. The maximum Gasteiger partial charge on any atom is 0.251 e. The molecule has 0 radical (unpaired) electrons. The van der Waals surface area contributed by atoms with E-state index in [9.17, 15) is 9.90 Å². The van der Waals surface area contributed by atoms with Crippen LogP contribution in [0.4, 0.5) is 0 Å². The van der Waals surface area contributed by atoms with Crippen molar-refractivity contribution in [2.75, 3.05) is 12.4 Å². The zero-order chi connectivity index (χ0) is 13.1. The molecule has 1 rings (SSSR count). The summed E-state index contributed by atoms with van der Waals surface area (Å²) in [5.41, 5.74) is 0.113. The fourth-order valence-electron chi connectivity index (χ4n) is 1.13. The fraction of sp³-hybridized carbons (Fsp3) is 0.417. The number of phenols is 2. The van der Waals surface area contributed by atoms with Crippen LogP contribution in [-0.2, 0) is 0 Å². The topological polar surface area (TPSA) is 69.6 Å². The molecule has 0 heterocycles. The van der Waals surface area contributed by atoms with Crippen molar-refractivity contribution in [3.05, 3.63) is 23.8 Å². The average molecular weight is 258 g/mol. The van der Waals surface area contributed by atoms with Gasteiger partial charge in [-0.15, -0.1) is 11.6 Å². The molecule has 0 fully saturated rings. The van der Waals surface area contributed by atoms with E-state index in [0.717, 1.165) is 0 Å². The Kier molecular flexibility index (Phi) is 4.23. The van der Waals surface area contributed by atoms with Crippen LogP contribution in [0.1, 0.15) is 24.2 Å². The molecule has 1 aromatic carbocycles. The van der Waals surface area contributed by atoms with Crippen LogP contribution in [0.3, 0.4) is 0 Å². The third-order valence-electron chi connectivity index (χ3n) is 2.33. The highest BCUT2D eigenvalue weighted by atomic mass is 35.5. The molecule has 0 saturated heterocycles. The van der Waals surface area contributed by atoms with Crippen LogP contribution in [0.5, 0.6) is 11.5 Å². The summed E-state index contributed by atoms with van der Waals surface area (Å²) < 4.78 is 0. The minimum atomic E-state index is -0.311. The quantitative estimate of drug-likeness (QED) is 0.571. The molecular weight excluding hydrogens is 242 g/mol. The van der Waals surface area contributed by atoms with Gasteiger partial charge in [0.1, 0.15) is 0 Å². The predicted molar refractivity (Wildman–Crippen MR) is 66.6 cm³/mol. The number of aromatic hydroxyl groups is 2. The number of carbonyl (C=O) groups excluding carboxylic acids is 1. The molecule has 0 saturated carbocycles. The molecule has 0 aliphatic rings. The van der Waals surface area contributed by atoms with Gasteiger partial charge in [-0.3, -0.25) is 4.79 Å². The Hall–Kier alpha value is -1.42. The Morgan fingerprint density at radius 1 is 1.35 bits per heavy atom. The van der Waals surface area contributed by atoms with Gasteiger partial charge in [-0.05, 0) is 23.6 Å². The third kappa shape index (κ3) is 3.82. The lowest BCUT2D eigenvalue weighted by atomic mass is 9.96. The summed E-state index contributed by atoms with van der Waals surface area (Å²) in [7, 11) is 0. The van der Waals surface area contributed by atoms with Crippen LogP contribution < -0.4 is 5.32 Å². The Morgan fingerprint density at radius 2 is 2.00 bits per heavy atom. The SMILES string of the molecule is CC(C)(CCl)CNC(=O)c1ccc(O)c(O)c1. The van der Waals surface area contributed by atoms with Crippen molar-refractivity contribution in [2.24, 2.45) is 5.41 Å². The van der Waals surface area contributed by atoms with E-state index in [4.69, 9.17) is 16.7 Å². The first-order valence-electron chi connectivity index (χ1n) is 5.22. The highest BCUT2D eigenvalue weighted by Crippen LogP contribution is 2.24. The van der Waals surface area contributed by atoms with Crippen molar-refractivity contribution in [2.45, 2.75) is 13.8 Å². The number of alkyl halides is 1. The molecule has 0 aliphatic heterocycles. The van der Waals surface area contributed by atoms with Gasteiger partial charge >= 0.3 is 0 Å². The Bertz CT molecular complexity index is 418. The van der Waals surface area contributed by atoms with E-state index < -0.39 is 0 Å². The molecule has 1 amide bonds. The predicted octanol–water partition coefficient (Wildman–Crippen LogP) is 2.09. The molecule has 3 N–H and O–H groups in total. The summed E-state index contributed by atoms with van der Waals surface area (Å²) in [6, 6.07) is 3.94. The maximum absolute atomic E-state index is 11.7. The number of carbonyl (C=O) groups is 1. The number of benzene rings is 1. The first-order chi connectivity index (χ1) is 7.85. The highest BCUT2D eigenvalue weighted by molar-refractivity contribution is 6.18. The lowest BCUT2D eigenvalue weighted by Gasteiger charge is -2.21. The van der Waals surface area contributed by atoms with E-state index in [1.165, 1.54) is 18.2 Å². The smallest absolute Gasteiger partial charge is 0.251 e. The molecule has 0 aliphatic carbocycles. The Labute approximate surface area is 105 Å². The summed E-state index contributed by atoms with van der Waals surface area (Å²) >= 11 is 5.74. The van der Waals surface area contributed by atoms with Gasteiger partial charge in [-0.1, -0.05) is 13.8 Å². The average Bonchev–Trinajstić information content (AvgIpc) is 2.30. The first-order valence-corrected chi connectivity index (χ1v) is 5.75. The van der Waals surface area contributed by atoms with Gasteiger partial charge in [0.15, 0.2) is 11.5 Å². The summed E-state index contributed by atoms with van der Waals surface area (Å²) in [6.45, 7) is 4.32. The third-order valence-corrected chi connectivity index (χ3v) is 3.05. The van der Waals surface area contributed by atoms with Crippen LogP contribution in [0, 0.1) is 5.41 Å². The number of phenolic OH excluding ortho intramolecular Hbond substituents is 2. The van der Waals surface area contributed by atoms with E-state index >= 15 is 0 Å². The minimum absolute atomic E-state index is 0.184. The van der Waals surface area contributed by atoms with Crippen molar-refractivity contribution < 1.29 is 15.0 Å². The number of nitrogens with one attached hydrogen (secondary N) is 1. The number of halogens is 1. The van der Waals surface area contributed by atoms with E-state index in [0.29, 0.717) is 18.0 Å². The molecule has 0 unspecified atom stereocenters. The van der Waals surface area contributed by atoms with Gasteiger partial charge in [0.2, 0.25) is 0 Å². The molecule has 5 heteroatoms. The largest absolute Gasteiger partial charge is 0.504 e. The van der Waals surface area contributed by atoms with Crippen LogP contribution in [0.2, 0.25) is 0 Å². The van der Waals surface area contributed by atoms with Gasteiger partial charge in [0.25, 0.3) is 5.91 Å². The molecule has 4 nitrogen and oxygen atoms in total. The number of hydrogen-bond donors (Lipinski definition) is 3. The molecule has 0 bridgehead atoms. The van der Waals surface area contributed by atoms with Gasteiger partial charge in [0.05, 0.1) is 0 Å². The second-order valence-electron chi connectivity index (χ2n) is 4.68. The second kappa shape index (κ2) is 5.27. The zero-order valence-corrected chi connectivity index (χ0v) is 10.6. The molecule has 0 aromatic heterocycles. The lowest BCUT2D eigenvalue weighted by Crippen LogP contribution is -2.34. The monoisotopic (exact) mass is 257 g/mol. The summed E-state index contributed by atoms with van der Waals surface area (Å²) in [5.74, 6) is -0.427. The molecule has 94 valence electrons. The zero-order valence-electron chi connectivity index (χ0n) is 9.83. The normalized spacial score (nSPS) is 11.2. The van der Waals surface area contributed by atoms with Gasteiger partial charge < -0.3 is 15.5 Å². The van der Waals surface area contributed by atoms with Crippen molar-refractivity contribution >= 4 is 17.5 Å². The van der Waals surface area contributed by atoms with E-state index in [2.05, 4.69) is 5.32 Å². The molecule has 17 heavy (non-hydrogen) atoms. The summed E-state index contributed by atoms with van der Waals surface area (Å²) in [4.78, 5) is 11.7. The van der Waals surface area contributed by atoms with E-state index in [-0.39, 0.29) is 22.8 Å². The van der Waals surface area contributed by atoms with Crippen LogP contribution in [0.25, 0.3) is 0 Å². The molecule has 1 aromatic rings. The van der Waals surface area contributed by atoms with E-state index in [1.54, 1.807) is 0 Å². The van der Waals surface area contributed by atoms with Crippen LogP contribution >= 0.6 is 11.6 Å². The molecular formula is C12H16ClNO3. The minimum Gasteiger partial charge on any atom is -0.504 e. The number of hydrogen-bond acceptors (Lipinski definition) is 3. The molecule has 0 spiro atoms. The van der Waals surface area contributed by atoms with Crippen molar-refractivity contribution in [3.8, 4) is 11.5 Å². The number of amides is 1. The first kappa shape index (κ1) is 13.6. The summed E-state index contributed by atoms with van der Waals surface area (Å²) in [5, 5.41) is 21.1. The van der Waals surface area contributed by atoms with Gasteiger partial charge in [-0.2, -0.15) is 0 Å². The highest BCUT2D eigenvalue weighted by Gasteiger charge is 2.18. The fourth-order valence-corrected chi connectivity index (χ4v) is 1.23. The van der Waals surface area contributed by atoms with Gasteiger partial charge in [0, 0.05) is 18.0 Å². The maximum atomic E-state index is 11.7. The van der Waals surface area contributed by atoms with Crippen molar-refractivity contribution in [1.29, 1.82) is 0 Å². The lowest BCUT2D eigenvalue weighted by molar-refractivity contribution is 0.0939. The van der Waals surface area contributed by atoms with Crippen molar-refractivity contribution in [3.63, 3.8) is 0 Å². The second-order valence-corrected chi connectivity index (χ2v) is 4.95. The van der Waals surface area contributed by atoms with Crippen LogP contribution in [0.15, 0.2) is 18.2 Å². The Balaban J connectivity index is 2.68. The van der Waals surface area contributed by atoms with Crippen molar-refractivity contribution in [1.82, 2.24) is 5.32 Å². The summed E-state index contributed by atoms with van der Waals surface area (Å²) in [6.07, 6.45) is 0. The number of rotatable bonds is 4. The van der Waals surface area contributed by atoms with Crippen LogP contribution in [-0.4, -0.2) is 28.5 Å². The standard InChI is InChI=1S/C12H16ClNO3/c1-12(2,6-13)7-14-11(17)8-3-4-9(15)10(16)5-8/h3-5,15-16H,6-7H2,1-2H3,(H,14,17). The van der Waals surface area contributed by atoms with Gasteiger partial charge in [-0.25, -0.2) is 0 Å². The van der Waals surface area contributed by atoms with E-state index in [1.807, 2.05) is 13.8 Å².